The summed E-state index contributed by atoms with van der Waals surface area (Å²) < 4.78 is 2.03. The molecule has 176 valence electrons. The van der Waals surface area contributed by atoms with Crippen molar-refractivity contribution in [3.05, 3.63) is 75.3 Å². The fourth-order valence-corrected chi connectivity index (χ4v) is 6.18. The number of nitrogens with one attached hydrogen (secondary N) is 1. The van der Waals surface area contributed by atoms with Gasteiger partial charge in [-0.25, -0.2) is 4.98 Å². The molecule has 0 aliphatic heterocycles. The van der Waals surface area contributed by atoms with E-state index in [2.05, 4.69) is 20.5 Å². The predicted octanol–water partition coefficient (Wildman–Crippen LogP) is 6.89. The average molecular weight is 551 g/mol. The van der Waals surface area contributed by atoms with Crippen molar-refractivity contribution in [2.24, 2.45) is 0 Å². The first-order chi connectivity index (χ1) is 16.5. The minimum absolute atomic E-state index is 0.127. The summed E-state index contributed by atoms with van der Waals surface area (Å²) in [7, 11) is 0. The van der Waals surface area contributed by atoms with E-state index in [9.17, 15) is 4.79 Å². The smallest absolute Gasteiger partial charge is 0.236 e. The van der Waals surface area contributed by atoms with Crippen molar-refractivity contribution in [1.82, 2.24) is 19.7 Å². The van der Waals surface area contributed by atoms with Gasteiger partial charge in [-0.3, -0.25) is 4.79 Å². The Morgan fingerprint density at radius 2 is 1.94 bits per heavy atom. The highest BCUT2D eigenvalue weighted by molar-refractivity contribution is 7.99. The first kappa shape index (κ1) is 25.1. The molecule has 2 aromatic heterocycles. The van der Waals surface area contributed by atoms with Crippen molar-refractivity contribution >= 4 is 69.1 Å². The van der Waals surface area contributed by atoms with Gasteiger partial charge in [0.05, 0.1) is 17.2 Å². The molecule has 0 unspecified atom stereocenters. The molecule has 0 saturated carbocycles. The summed E-state index contributed by atoms with van der Waals surface area (Å²) in [5.74, 6) is 2.40. The summed E-state index contributed by atoms with van der Waals surface area (Å²) >= 11 is 16.7. The zero-order chi connectivity index (χ0) is 23.9. The maximum atomic E-state index is 12.5. The molecule has 0 fully saturated rings. The minimum Gasteiger partial charge on any atom is -0.306 e. The molecule has 4 aromatic rings. The molecular weight excluding hydrogens is 529 g/mol. The van der Waals surface area contributed by atoms with Crippen LogP contribution in [-0.4, -0.2) is 31.4 Å². The monoisotopic (exact) mass is 549 g/mol. The second kappa shape index (κ2) is 12.1. The number of anilines is 1. The third-order valence-electron chi connectivity index (χ3n) is 4.77. The lowest BCUT2D eigenvalue weighted by atomic mass is 10.2. The second-order valence-electron chi connectivity index (χ2n) is 7.11. The number of halogens is 2. The molecule has 1 N–H and O–H groups in total. The third kappa shape index (κ3) is 6.55. The Bertz CT molecular complexity index is 1260. The molecule has 0 radical (unpaired) electrons. The number of aromatic nitrogens is 4. The Morgan fingerprint density at radius 3 is 2.71 bits per heavy atom. The fraction of sp³-hybridized carbons (Fsp3) is 0.217. The summed E-state index contributed by atoms with van der Waals surface area (Å²) in [6.45, 7) is 2.76. The zero-order valence-corrected chi connectivity index (χ0v) is 22.2. The lowest BCUT2D eigenvalue weighted by molar-refractivity contribution is -0.113. The van der Waals surface area contributed by atoms with Crippen LogP contribution >= 0.6 is 58.1 Å². The molecule has 2 heterocycles. The van der Waals surface area contributed by atoms with E-state index in [1.807, 2.05) is 59.3 Å². The molecule has 1 amide bonds. The largest absolute Gasteiger partial charge is 0.306 e. The van der Waals surface area contributed by atoms with Crippen LogP contribution < -0.4 is 5.32 Å². The number of amides is 1. The Hall–Kier alpha value is -2.04. The number of carbonyl (C=O) groups is 1. The van der Waals surface area contributed by atoms with Gasteiger partial charge in [0.2, 0.25) is 5.91 Å². The van der Waals surface area contributed by atoms with Gasteiger partial charge >= 0.3 is 0 Å². The molecule has 0 spiro atoms. The molecule has 2 aromatic carbocycles. The van der Waals surface area contributed by atoms with Crippen LogP contribution in [0.5, 0.6) is 0 Å². The van der Waals surface area contributed by atoms with Crippen molar-refractivity contribution in [2.75, 3.05) is 11.1 Å². The highest BCUT2D eigenvalue weighted by Crippen LogP contribution is 2.28. The van der Waals surface area contributed by atoms with Crippen LogP contribution in [0.15, 0.2) is 59.1 Å². The van der Waals surface area contributed by atoms with E-state index in [1.165, 1.54) is 23.1 Å². The maximum Gasteiger partial charge on any atom is 0.236 e. The second-order valence-corrected chi connectivity index (χ2v) is 10.7. The van der Waals surface area contributed by atoms with Crippen LogP contribution in [0.4, 0.5) is 5.13 Å². The predicted molar refractivity (Wildman–Crippen MR) is 144 cm³/mol. The SMILES string of the molecule is CCn1c(CSCc2ccc(Cl)cc2Cl)nnc1SCC(=O)Nc1nc(-c2ccccc2)cs1. The highest BCUT2D eigenvalue weighted by atomic mass is 35.5. The summed E-state index contributed by atoms with van der Waals surface area (Å²) in [5, 5.41) is 16.0. The molecule has 0 aliphatic carbocycles. The van der Waals surface area contributed by atoms with Gasteiger partial charge in [0.25, 0.3) is 0 Å². The molecule has 4 rings (SSSR count). The van der Waals surface area contributed by atoms with Crippen LogP contribution in [0.2, 0.25) is 10.0 Å². The Labute approximate surface area is 220 Å². The Kier molecular flexibility index (Phi) is 8.91. The standard InChI is InChI=1S/C23H21Cl2N5OS3/c1-2-30-20(13-32-11-16-8-9-17(24)10-18(16)25)28-29-23(30)34-14-21(31)27-22-26-19(12-33-22)15-6-4-3-5-7-15/h3-10,12H,2,11,13-14H2,1H3,(H,26,27,31). The lowest BCUT2D eigenvalue weighted by Gasteiger charge is -2.08. The van der Waals surface area contributed by atoms with Gasteiger partial charge in [0.1, 0.15) is 5.82 Å². The molecular formula is C23H21Cl2N5OS3. The molecule has 11 heteroatoms. The van der Waals surface area contributed by atoms with Crippen molar-refractivity contribution in [3.63, 3.8) is 0 Å². The number of carbonyl (C=O) groups excluding carboxylic acids is 1. The lowest BCUT2D eigenvalue weighted by Crippen LogP contribution is -2.14. The number of thioether (sulfide) groups is 2. The summed E-state index contributed by atoms with van der Waals surface area (Å²) in [6, 6.07) is 15.4. The van der Waals surface area contributed by atoms with Crippen LogP contribution in [0.1, 0.15) is 18.3 Å². The Balaban J connectivity index is 1.29. The number of hydrogen-bond donors (Lipinski definition) is 1. The average Bonchev–Trinajstić information content (AvgIpc) is 3.46. The highest BCUT2D eigenvalue weighted by Gasteiger charge is 2.15. The van der Waals surface area contributed by atoms with Gasteiger partial charge in [-0.05, 0) is 24.6 Å². The minimum atomic E-state index is -0.127. The number of benzene rings is 2. The maximum absolute atomic E-state index is 12.5. The van der Waals surface area contributed by atoms with Crippen LogP contribution in [0, 0.1) is 0 Å². The molecule has 0 bridgehead atoms. The van der Waals surface area contributed by atoms with Crippen molar-refractivity contribution in [2.45, 2.75) is 30.1 Å². The van der Waals surface area contributed by atoms with E-state index < -0.39 is 0 Å². The van der Waals surface area contributed by atoms with Crippen LogP contribution in [-0.2, 0) is 22.8 Å². The van der Waals surface area contributed by atoms with Crippen molar-refractivity contribution in [1.29, 1.82) is 0 Å². The molecule has 0 saturated heterocycles. The number of thiazole rings is 1. The molecule has 34 heavy (non-hydrogen) atoms. The molecule has 0 aliphatic rings. The first-order valence-electron chi connectivity index (χ1n) is 10.4. The number of nitrogens with zero attached hydrogens (tertiary/aromatic N) is 4. The topological polar surface area (TPSA) is 72.7 Å². The van der Waals surface area contributed by atoms with Gasteiger partial charge < -0.3 is 9.88 Å². The number of hydrogen-bond acceptors (Lipinski definition) is 7. The van der Waals surface area contributed by atoms with E-state index in [4.69, 9.17) is 23.2 Å². The summed E-state index contributed by atoms with van der Waals surface area (Å²) in [6.07, 6.45) is 0. The van der Waals surface area contributed by atoms with Gasteiger partial charge in [-0.15, -0.1) is 33.3 Å². The van der Waals surface area contributed by atoms with E-state index in [0.717, 1.165) is 40.1 Å². The summed E-state index contributed by atoms with van der Waals surface area (Å²) in [4.78, 5) is 17.0. The first-order valence-corrected chi connectivity index (χ1v) is 14.2. The molecule has 0 atom stereocenters. The van der Waals surface area contributed by atoms with Crippen LogP contribution in [0.25, 0.3) is 11.3 Å². The zero-order valence-electron chi connectivity index (χ0n) is 18.2. The van der Waals surface area contributed by atoms with E-state index >= 15 is 0 Å². The van der Waals surface area contributed by atoms with E-state index in [-0.39, 0.29) is 11.7 Å². The Morgan fingerprint density at radius 1 is 1.12 bits per heavy atom. The van der Waals surface area contributed by atoms with Crippen LogP contribution in [0.3, 0.4) is 0 Å². The quantitative estimate of drug-likeness (QED) is 0.217. The third-order valence-corrected chi connectivity index (χ3v) is 8.05. The van der Waals surface area contributed by atoms with Gasteiger partial charge in [0, 0.05) is 33.3 Å². The van der Waals surface area contributed by atoms with Gasteiger partial charge in [-0.2, -0.15) is 0 Å². The van der Waals surface area contributed by atoms with Gasteiger partial charge in [0.15, 0.2) is 10.3 Å². The van der Waals surface area contributed by atoms with E-state index in [0.29, 0.717) is 20.9 Å². The van der Waals surface area contributed by atoms with Gasteiger partial charge in [-0.1, -0.05) is 71.4 Å². The van der Waals surface area contributed by atoms with Crippen molar-refractivity contribution < 1.29 is 4.79 Å². The van der Waals surface area contributed by atoms with E-state index in [1.54, 1.807) is 17.8 Å². The fourth-order valence-electron chi connectivity index (χ4n) is 3.10. The summed E-state index contributed by atoms with van der Waals surface area (Å²) in [5.41, 5.74) is 2.90. The normalized spacial score (nSPS) is 11.0. The van der Waals surface area contributed by atoms with Crippen molar-refractivity contribution in [3.8, 4) is 11.3 Å². The molecule has 6 nitrogen and oxygen atoms in total. The number of rotatable bonds is 10.